The van der Waals surface area contributed by atoms with Crippen molar-refractivity contribution in [2.24, 2.45) is 5.10 Å². The van der Waals surface area contributed by atoms with Gasteiger partial charge in [0.1, 0.15) is 5.75 Å². The summed E-state index contributed by atoms with van der Waals surface area (Å²) in [5.74, 6) is 0.287. The molecule has 1 fully saturated rings. The molecular formula is C20H24ClN3O. The summed E-state index contributed by atoms with van der Waals surface area (Å²) in [7, 11) is 0. The third-order valence-electron chi connectivity index (χ3n) is 4.47. The number of hydrazone groups is 1. The van der Waals surface area contributed by atoms with Gasteiger partial charge in [0.2, 0.25) is 0 Å². The molecule has 0 atom stereocenters. The minimum Gasteiger partial charge on any atom is -0.508 e. The first-order valence-corrected chi connectivity index (χ1v) is 9.10. The molecule has 4 nitrogen and oxygen atoms in total. The van der Waals surface area contributed by atoms with Crippen LogP contribution >= 0.6 is 11.6 Å². The van der Waals surface area contributed by atoms with E-state index in [2.05, 4.69) is 29.0 Å². The molecule has 0 unspecified atom stereocenters. The molecule has 0 saturated carbocycles. The molecule has 1 aliphatic heterocycles. The van der Waals surface area contributed by atoms with Crippen LogP contribution in [0.3, 0.4) is 0 Å². The number of piperazine rings is 1. The van der Waals surface area contributed by atoms with Crippen LogP contribution in [-0.2, 0) is 6.54 Å². The first kappa shape index (κ1) is 17.8. The number of benzene rings is 2. The van der Waals surface area contributed by atoms with E-state index in [1.165, 1.54) is 5.56 Å². The number of nitrogens with zero attached hydrogens (tertiary/aromatic N) is 3. The second kappa shape index (κ2) is 8.37. The van der Waals surface area contributed by atoms with E-state index in [0.717, 1.165) is 55.4 Å². The van der Waals surface area contributed by atoms with Gasteiger partial charge in [-0.1, -0.05) is 30.7 Å². The van der Waals surface area contributed by atoms with Crippen LogP contribution in [0.15, 0.2) is 53.6 Å². The third-order valence-corrected chi connectivity index (χ3v) is 4.72. The molecule has 1 N–H and O–H groups in total. The highest BCUT2D eigenvalue weighted by Gasteiger charge is 2.16. The van der Waals surface area contributed by atoms with Crippen molar-refractivity contribution in [3.63, 3.8) is 0 Å². The van der Waals surface area contributed by atoms with E-state index in [9.17, 15) is 5.11 Å². The summed E-state index contributed by atoms with van der Waals surface area (Å²) >= 11 is 5.95. The molecule has 1 aliphatic rings. The van der Waals surface area contributed by atoms with Crippen LogP contribution in [0, 0.1) is 0 Å². The van der Waals surface area contributed by atoms with Crippen LogP contribution in [-0.4, -0.2) is 46.9 Å². The summed E-state index contributed by atoms with van der Waals surface area (Å²) in [6, 6.07) is 15.4. The van der Waals surface area contributed by atoms with Gasteiger partial charge in [0.25, 0.3) is 0 Å². The maximum atomic E-state index is 9.43. The van der Waals surface area contributed by atoms with Crippen molar-refractivity contribution in [1.29, 1.82) is 0 Å². The highest BCUT2D eigenvalue weighted by atomic mass is 35.5. The van der Waals surface area contributed by atoms with E-state index in [-0.39, 0.29) is 5.75 Å². The summed E-state index contributed by atoms with van der Waals surface area (Å²) in [4.78, 5) is 2.45. The normalized spacial score (nSPS) is 16.2. The Bertz CT molecular complexity index is 705. The number of phenols is 1. The van der Waals surface area contributed by atoms with Crippen molar-refractivity contribution < 1.29 is 5.11 Å². The second-order valence-corrected chi connectivity index (χ2v) is 6.74. The fourth-order valence-corrected chi connectivity index (χ4v) is 3.13. The fourth-order valence-electron chi connectivity index (χ4n) is 3.00. The Labute approximate surface area is 154 Å². The fraction of sp³-hybridized carbons (Fsp3) is 0.350. The Hall–Kier alpha value is -2.04. The van der Waals surface area contributed by atoms with Gasteiger partial charge >= 0.3 is 0 Å². The molecule has 0 amide bonds. The second-order valence-electron chi connectivity index (χ2n) is 6.30. The van der Waals surface area contributed by atoms with Crippen LogP contribution in [0.1, 0.15) is 24.5 Å². The number of hydrogen-bond donors (Lipinski definition) is 1. The number of hydrogen-bond acceptors (Lipinski definition) is 4. The largest absolute Gasteiger partial charge is 0.508 e. The van der Waals surface area contributed by atoms with Gasteiger partial charge in [-0.25, -0.2) is 0 Å². The van der Waals surface area contributed by atoms with E-state index >= 15 is 0 Å². The average Bonchev–Trinajstić information content (AvgIpc) is 2.64. The summed E-state index contributed by atoms with van der Waals surface area (Å²) in [5, 5.41) is 17.2. The molecule has 0 aromatic heterocycles. The van der Waals surface area contributed by atoms with Crippen molar-refractivity contribution in [2.45, 2.75) is 19.9 Å². The summed E-state index contributed by atoms with van der Waals surface area (Å²) < 4.78 is 0. The van der Waals surface area contributed by atoms with Crippen LogP contribution in [0.25, 0.3) is 0 Å². The molecule has 0 radical (unpaired) electrons. The smallest absolute Gasteiger partial charge is 0.115 e. The quantitative estimate of drug-likeness (QED) is 0.823. The number of halogens is 1. The van der Waals surface area contributed by atoms with Gasteiger partial charge in [-0.15, -0.1) is 0 Å². The SMILES string of the molecule is CC/C(=N/N1CCN(Cc2ccc(Cl)cc2)CC1)c1ccc(O)cc1. The minimum absolute atomic E-state index is 0.287. The van der Waals surface area contributed by atoms with Gasteiger partial charge in [0, 0.05) is 37.7 Å². The highest BCUT2D eigenvalue weighted by molar-refractivity contribution is 6.30. The van der Waals surface area contributed by atoms with E-state index < -0.39 is 0 Å². The van der Waals surface area contributed by atoms with Crippen molar-refractivity contribution >= 4 is 17.3 Å². The number of phenolic OH excluding ortho intramolecular Hbond substituents is 1. The molecular weight excluding hydrogens is 334 g/mol. The Balaban J connectivity index is 1.57. The summed E-state index contributed by atoms with van der Waals surface area (Å²) in [6.45, 7) is 6.91. The third kappa shape index (κ3) is 4.97. The van der Waals surface area contributed by atoms with Gasteiger partial charge in [-0.3, -0.25) is 9.91 Å². The van der Waals surface area contributed by atoms with E-state index in [0.29, 0.717) is 0 Å². The monoisotopic (exact) mass is 357 g/mol. The molecule has 0 bridgehead atoms. The number of aromatic hydroxyl groups is 1. The molecule has 132 valence electrons. The zero-order valence-electron chi connectivity index (χ0n) is 14.5. The topological polar surface area (TPSA) is 39.1 Å². The van der Waals surface area contributed by atoms with Crippen molar-refractivity contribution in [2.75, 3.05) is 26.2 Å². The molecule has 2 aromatic rings. The van der Waals surface area contributed by atoms with Gasteiger partial charge in [0.05, 0.1) is 5.71 Å². The lowest BCUT2D eigenvalue weighted by atomic mass is 10.1. The predicted octanol–water partition coefficient (Wildman–Crippen LogP) is 3.98. The lowest BCUT2D eigenvalue weighted by Crippen LogP contribution is -2.43. The first-order chi connectivity index (χ1) is 12.1. The van der Waals surface area contributed by atoms with Gasteiger partial charge in [0.15, 0.2) is 0 Å². The molecule has 0 spiro atoms. The van der Waals surface area contributed by atoms with Crippen LogP contribution in [0.2, 0.25) is 5.02 Å². The van der Waals surface area contributed by atoms with Gasteiger partial charge in [-0.05, 0) is 53.9 Å². The highest BCUT2D eigenvalue weighted by Crippen LogP contribution is 2.15. The zero-order chi connectivity index (χ0) is 17.6. The Morgan fingerprint density at radius 2 is 1.64 bits per heavy atom. The minimum atomic E-state index is 0.287. The zero-order valence-corrected chi connectivity index (χ0v) is 15.3. The predicted molar refractivity (Wildman–Crippen MR) is 103 cm³/mol. The lowest BCUT2D eigenvalue weighted by Gasteiger charge is -2.33. The Kier molecular flexibility index (Phi) is 5.95. The van der Waals surface area contributed by atoms with Gasteiger partial charge in [-0.2, -0.15) is 5.10 Å². The molecule has 1 saturated heterocycles. The first-order valence-electron chi connectivity index (χ1n) is 8.72. The van der Waals surface area contributed by atoms with Gasteiger partial charge < -0.3 is 5.11 Å². The van der Waals surface area contributed by atoms with Crippen LogP contribution in [0.4, 0.5) is 0 Å². The molecule has 0 aliphatic carbocycles. The average molecular weight is 358 g/mol. The van der Waals surface area contributed by atoms with Crippen molar-refractivity contribution in [1.82, 2.24) is 9.91 Å². The number of rotatable bonds is 5. The molecule has 25 heavy (non-hydrogen) atoms. The van der Waals surface area contributed by atoms with E-state index in [4.69, 9.17) is 16.7 Å². The van der Waals surface area contributed by atoms with Crippen molar-refractivity contribution in [3.8, 4) is 5.75 Å². The lowest BCUT2D eigenvalue weighted by molar-refractivity contribution is 0.130. The molecule has 3 rings (SSSR count). The Morgan fingerprint density at radius 3 is 2.24 bits per heavy atom. The van der Waals surface area contributed by atoms with E-state index in [1.807, 2.05) is 24.3 Å². The standard InChI is InChI=1S/C20H24ClN3O/c1-2-20(17-5-9-19(25)10-6-17)22-24-13-11-23(12-14-24)15-16-3-7-18(21)8-4-16/h3-10,25H,2,11-15H2,1H3/b22-20-. The van der Waals surface area contributed by atoms with Crippen molar-refractivity contribution in [3.05, 3.63) is 64.7 Å². The van der Waals surface area contributed by atoms with Crippen LogP contribution in [0.5, 0.6) is 5.75 Å². The van der Waals surface area contributed by atoms with Crippen LogP contribution < -0.4 is 0 Å². The maximum Gasteiger partial charge on any atom is 0.115 e. The maximum absolute atomic E-state index is 9.43. The molecule has 1 heterocycles. The van der Waals surface area contributed by atoms with E-state index in [1.54, 1.807) is 12.1 Å². The summed E-state index contributed by atoms with van der Waals surface area (Å²) in [5.41, 5.74) is 3.43. The molecule has 5 heteroatoms. The summed E-state index contributed by atoms with van der Waals surface area (Å²) in [6.07, 6.45) is 0.871. The molecule has 2 aromatic carbocycles. The Morgan fingerprint density at radius 1 is 1.00 bits per heavy atom.